The molecule has 1 atom stereocenters. The van der Waals surface area contributed by atoms with Gasteiger partial charge in [0.2, 0.25) is 11.8 Å². The maximum absolute atomic E-state index is 13.7. The molecule has 0 aromatic heterocycles. The Balaban J connectivity index is 1.57. The molecule has 3 aliphatic rings. The van der Waals surface area contributed by atoms with Crippen molar-refractivity contribution < 1.29 is 23.9 Å². The van der Waals surface area contributed by atoms with Crippen LogP contribution in [-0.2, 0) is 14.3 Å². The van der Waals surface area contributed by atoms with E-state index >= 15 is 0 Å². The number of nitrogens with zero attached hydrogens (tertiary/aromatic N) is 2. The second-order valence-corrected chi connectivity index (χ2v) is 9.44. The standard InChI is InChI=1S/C24H33N3O5/c1-16(2)13-21(28)26-11-9-24(10-12-26)27(20(15-32-24)22(29)25-18-7-8-18)23(30)17-5-4-6-19(14-17)31-3/h4-6,14,16,18,20H,7-13,15H2,1-3H3,(H,25,29). The number of rotatable bonds is 6. The molecule has 2 heterocycles. The van der Waals surface area contributed by atoms with Gasteiger partial charge in [0, 0.05) is 44.0 Å². The van der Waals surface area contributed by atoms with Crippen LogP contribution < -0.4 is 10.1 Å². The van der Waals surface area contributed by atoms with Gasteiger partial charge in [-0.2, -0.15) is 0 Å². The van der Waals surface area contributed by atoms with E-state index in [0.29, 0.717) is 49.6 Å². The zero-order chi connectivity index (χ0) is 22.9. The predicted octanol–water partition coefficient (Wildman–Crippen LogP) is 2.18. The van der Waals surface area contributed by atoms with E-state index in [4.69, 9.17) is 9.47 Å². The second kappa shape index (κ2) is 9.10. The monoisotopic (exact) mass is 443 g/mol. The number of benzene rings is 1. The van der Waals surface area contributed by atoms with Gasteiger partial charge in [-0.3, -0.25) is 19.3 Å². The van der Waals surface area contributed by atoms with E-state index in [0.717, 1.165) is 12.8 Å². The number of nitrogens with one attached hydrogen (secondary N) is 1. The van der Waals surface area contributed by atoms with Crippen molar-refractivity contribution in [2.75, 3.05) is 26.8 Å². The van der Waals surface area contributed by atoms with Gasteiger partial charge in [0.15, 0.2) is 0 Å². The average Bonchev–Trinajstić information content (AvgIpc) is 3.52. The van der Waals surface area contributed by atoms with Crippen molar-refractivity contribution in [3.8, 4) is 5.75 Å². The fourth-order valence-corrected chi connectivity index (χ4v) is 4.57. The fraction of sp³-hybridized carbons (Fsp3) is 0.625. The van der Waals surface area contributed by atoms with Crippen LogP contribution in [0.3, 0.4) is 0 Å². The quantitative estimate of drug-likeness (QED) is 0.728. The number of amides is 3. The number of hydrogen-bond acceptors (Lipinski definition) is 5. The lowest BCUT2D eigenvalue weighted by molar-refractivity contribution is -0.144. The lowest BCUT2D eigenvalue weighted by atomic mass is 9.96. The highest BCUT2D eigenvalue weighted by molar-refractivity contribution is 5.99. The zero-order valence-corrected chi connectivity index (χ0v) is 19.1. The molecule has 1 saturated carbocycles. The number of likely N-dealkylation sites (tertiary alicyclic amines) is 1. The van der Waals surface area contributed by atoms with Crippen LogP contribution in [0.25, 0.3) is 0 Å². The van der Waals surface area contributed by atoms with E-state index in [9.17, 15) is 14.4 Å². The third kappa shape index (κ3) is 4.60. The number of piperidine rings is 1. The minimum absolute atomic E-state index is 0.126. The topological polar surface area (TPSA) is 88.2 Å². The van der Waals surface area contributed by atoms with Crippen molar-refractivity contribution in [2.45, 2.75) is 63.8 Å². The molecule has 8 nitrogen and oxygen atoms in total. The van der Waals surface area contributed by atoms with Crippen LogP contribution in [0.5, 0.6) is 5.75 Å². The van der Waals surface area contributed by atoms with Crippen molar-refractivity contribution in [3.63, 3.8) is 0 Å². The van der Waals surface area contributed by atoms with Gasteiger partial charge in [-0.1, -0.05) is 19.9 Å². The van der Waals surface area contributed by atoms with Crippen LogP contribution >= 0.6 is 0 Å². The van der Waals surface area contributed by atoms with E-state index in [1.165, 1.54) is 0 Å². The van der Waals surface area contributed by atoms with Crippen LogP contribution in [0, 0.1) is 5.92 Å². The van der Waals surface area contributed by atoms with Gasteiger partial charge in [0.05, 0.1) is 13.7 Å². The van der Waals surface area contributed by atoms with Gasteiger partial charge < -0.3 is 19.7 Å². The van der Waals surface area contributed by atoms with Crippen LogP contribution in [0.15, 0.2) is 24.3 Å². The van der Waals surface area contributed by atoms with Gasteiger partial charge in [-0.05, 0) is 37.0 Å². The summed E-state index contributed by atoms with van der Waals surface area (Å²) in [5.74, 6) is 0.584. The fourth-order valence-electron chi connectivity index (χ4n) is 4.57. The molecule has 0 bridgehead atoms. The summed E-state index contributed by atoms with van der Waals surface area (Å²) in [6, 6.07) is 6.47. The maximum atomic E-state index is 13.7. The van der Waals surface area contributed by atoms with E-state index in [2.05, 4.69) is 5.32 Å². The zero-order valence-electron chi connectivity index (χ0n) is 19.1. The van der Waals surface area contributed by atoms with Crippen molar-refractivity contribution in [1.29, 1.82) is 0 Å². The molecule has 1 aliphatic carbocycles. The smallest absolute Gasteiger partial charge is 0.257 e. The van der Waals surface area contributed by atoms with Gasteiger partial charge in [0.1, 0.15) is 17.5 Å². The molecular weight excluding hydrogens is 410 g/mol. The Labute approximate surface area is 189 Å². The molecule has 1 spiro atoms. The Morgan fingerprint density at radius 3 is 2.56 bits per heavy atom. The molecule has 1 aromatic rings. The summed E-state index contributed by atoms with van der Waals surface area (Å²) in [5.41, 5.74) is -0.433. The van der Waals surface area contributed by atoms with E-state index in [-0.39, 0.29) is 30.4 Å². The molecule has 2 saturated heterocycles. The number of carbonyl (C=O) groups excluding carboxylic acids is 3. The molecule has 1 N–H and O–H groups in total. The van der Waals surface area contributed by atoms with Crippen molar-refractivity contribution >= 4 is 17.7 Å². The Morgan fingerprint density at radius 2 is 1.94 bits per heavy atom. The molecule has 4 rings (SSSR count). The van der Waals surface area contributed by atoms with Crippen molar-refractivity contribution in [2.24, 2.45) is 5.92 Å². The first-order chi connectivity index (χ1) is 15.3. The van der Waals surface area contributed by atoms with E-state index in [1.54, 1.807) is 36.3 Å². The van der Waals surface area contributed by atoms with Crippen molar-refractivity contribution in [1.82, 2.24) is 15.1 Å². The molecule has 2 aliphatic heterocycles. The summed E-state index contributed by atoms with van der Waals surface area (Å²) < 4.78 is 11.5. The van der Waals surface area contributed by atoms with Gasteiger partial charge in [-0.25, -0.2) is 0 Å². The minimum atomic E-state index is -0.889. The van der Waals surface area contributed by atoms with Gasteiger partial charge >= 0.3 is 0 Å². The van der Waals surface area contributed by atoms with Crippen LogP contribution in [0.2, 0.25) is 0 Å². The second-order valence-electron chi connectivity index (χ2n) is 9.44. The largest absolute Gasteiger partial charge is 0.497 e. The summed E-state index contributed by atoms with van der Waals surface area (Å²) in [6.07, 6.45) is 3.43. The Kier molecular flexibility index (Phi) is 6.42. The first-order valence-corrected chi connectivity index (χ1v) is 11.5. The average molecular weight is 444 g/mol. The molecule has 32 heavy (non-hydrogen) atoms. The van der Waals surface area contributed by atoms with Crippen LogP contribution in [-0.4, -0.2) is 72.1 Å². The highest BCUT2D eigenvalue weighted by Crippen LogP contribution is 2.39. The molecule has 0 radical (unpaired) electrons. The molecule has 3 fully saturated rings. The molecule has 8 heteroatoms. The van der Waals surface area contributed by atoms with E-state index < -0.39 is 11.8 Å². The molecule has 1 aromatic carbocycles. The van der Waals surface area contributed by atoms with Crippen molar-refractivity contribution in [3.05, 3.63) is 29.8 Å². The van der Waals surface area contributed by atoms with E-state index in [1.807, 2.05) is 18.7 Å². The highest BCUT2D eigenvalue weighted by atomic mass is 16.5. The molecule has 3 amide bonds. The number of hydrogen-bond donors (Lipinski definition) is 1. The maximum Gasteiger partial charge on any atom is 0.257 e. The highest BCUT2D eigenvalue weighted by Gasteiger charge is 2.54. The minimum Gasteiger partial charge on any atom is -0.497 e. The Morgan fingerprint density at radius 1 is 1.22 bits per heavy atom. The molecule has 174 valence electrons. The first kappa shape index (κ1) is 22.6. The third-order valence-electron chi connectivity index (χ3n) is 6.50. The molecular formula is C24H33N3O5. The summed E-state index contributed by atoms with van der Waals surface area (Å²) in [7, 11) is 1.56. The number of methoxy groups -OCH3 is 1. The normalized spacial score (nSPS) is 22.3. The Bertz CT molecular complexity index is 874. The summed E-state index contributed by atoms with van der Waals surface area (Å²) in [4.78, 5) is 42.7. The lowest BCUT2D eigenvalue weighted by Gasteiger charge is -2.44. The number of carbonyl (C=O) groups is 3. The first-order valence-electron chi connectivity index (χ1n) is 11.5. The predicted molar refractivity (Wildman–Crippen MR) is 118 cm³/mol. The van der Waals surface area contributed by atoms with Crippen LogP contribution in [0.1, 0.15) is 56.3 Å². The summed E-state index contributed by atoms with van der Waals surface area (Å²) in [6.45, 7) is 5.23. The Hall–Kier alpha value is -2.61. The summed E-state index contributed by atoms with van der Waals surface area (Å²) in [5, 5.41) is 3.02. The molecule has 1 unspecified atom stereocenters. The lowest BCUT2D eigenvalue weighted by Crippen LogP contribution is -2.60. The number of ether oxygens (including phenoxy) is 2. The van der Waals surface area contributed by atoms with Crippen LogP contribution in [0.4, 0.5) is 0 Å². The third-order valence-corrected chi connectivity index (χ3v) is 6.50. The summed E-state index contributed by atoms with van der Waals surface area (Å²) >= 11 is 0. The van der Waals surface area contributed by atoms with Gasteiger partial charge in [-0.15, -0.1) is 0 Å². The van der Waals surface area contributed by atoms with Gasteiger partial charge in [0.25, 0.3) is 5.91 Å². The SMILES string of the molecule is COc1cccc(C(=O)N2C(C(=O)NC3CC3)COC23CCN(C(=O)CC(C)C)CC3)c1.